The number of nitrogens with zero attached hydrogens (tertiary/aromatic N) is 5. The van der Waals surface area contributed by atoms with Gasteiger partial charge in [0.15, 0.2) is 5.82 Å². The average Bonchev–Trinajstić information content (AvgIpc) is 3.31. The van der Waals surface area contributed by atoms with Gasteiger partial charge in [-0.05, 0) is 67.3 Å². The molecule has 1 spiro atoms. The van der Waals surface area contributed by atoms with Gasteiger partial charge >= 0.3 is 6.01 Å². The topological polar surface area (TPSA) is 83.8 Å². The Kier molecular flexibility index (Phi) is 7.04. The van der Waals surface area contributed by atoms with Gasteiger partial charge in [0, 0.05) is 43.9 Å². The number of aromatic hydroxyl groups is 1. The van der Waals surface area contributed by atoms with Crippen LogP contribution in [-0.2, 0) is 11.2 Å². The predicted octanol–water partition coefficient (Wildman–Crippen LogP) is 5.57. The number of likely N-dealkylation sites (tertiary alicyclic amines) is 1. The first-order valence-corrected chi connectivity index (χ1v) is 14.9. The van der Waals surface area contributed by atoms with Crippen LogP contribution in [0.15, 0.2) is 30.5 Å². The SMILES string of the molecule is CCc1c(F)ccc2cc(O)cc(-c3ncc4c(N5CCCC6(CCO6)C5)nc(OC[C@@H]5C[C@@H](F)CN5C)nc4c3F)c12. The number of piperidine rings is 1. The number of rotatable bonds is 6. The molecule has 3 aliphatic heterocycles. The van der Waals surface area contributed by atoms with E-state index in [1.807, 2.05) is 18.9 Å². The minimum atomic E-state index is -0.931. The Morgan fingerprint density at radius 1 is 1.19 bits per heavy atom. The number of phenols is 1. The molecule has 1 N–H and O–H groups in total. The monoisotopic (exact) mass is 593 g/mol. The van der Waals surface area contributed by atoms with Gasteiger partial charge in [0.2, 0.25) is 0 Å². The fourth-order valence-electron chi connectivity index (χ4n) is 6.92. The second kappa shape index (κ2) is 10.8. The highest BCUT2D eigenvalue weighted by Gasteiger charge is 2.43. The number of pyridine rings is 1. The largest absolute Gasteiger partial charge is 0.508 e. The van der Waals surface area contributed by atoms with Crippen molar-refractivity contribution < 1.29 is 27.8 Å². The molecular formula is C32H34F3N5O3. The minimum Gasteiger partial charge on any atom is -0.508 e. The molecule has 43 heavy (non-hydrogen) atoms. The van der Waals surface area contributed by atoms with E-state index in [4.69, 9.17) is 14.5 Å². The molecule has 4 aromatic rings. The van der Waals surface area contributed by atoms with Crippen molar-refractivity contribution in [3.63, 3.8) is 0 Å². The Balaban J connectivity index is 1.37. The van der Waals surface area contributed by atoms with Gasteiger partial charge in [0.05, 0.1) is 17.6 Å². The van der Waals surface area contributed by atoms with Crippen molar-refractivity contribution in [2.24, 2.45) is 0 Å². The normalized spacial score (nSPS) is 24.3. The Morgan fingerprint density at radius 3 is 2.74 bits per heavy atom. The van der Waals surface area contributed by atoms with E-state index in [-0.39, 0.29) is 46.8 Å². The van der Waals surface area contributed by atoms with Crippen molar-refractivity contribution in [3.05, 3.63) is 47.7 Å². The molecule has 8 nitrogen and oxygen atoms in total. The Morgan fingerprint density at radius 2 is 2.02 bits per heavy atom. The molecule has 7 rings (SSSR count). The lowest BCUT2D eigenvalue weighted by atomic mass is 9.86. The van der Waals surface area contributed by atoms with Crippen LogP contribution < -0.4 is 9.64 Å². The van der Waals surface area contributed by atoms with Crippen LogP contribution in [0, 0.1) is 11.6 Å². The van der Waals surface area contributed by atoms with Crippen LogP contribution in [0.25, 0.3) is 32.9 Å². The number of aromatic nitrogens is 3. The standard InChI is InChI=1S/C32H34F3N5O3/c1-3-22-25(34)6-5-18-11-21(41)13-23(26(18)22)28-27(35)29-24(14-36-28)30(40-9-4-7-32(17-40)8-10-43-32)38-31(37-29)42-16-20-12-19(33)15-39(20)2/h5-6,11,13-14,19-20,41H,3-4,7-10,12,15-17H2,1-2H3/t19-,20+,32?/m1/s1. The fraction of sp³-hybridized carbons (Fsp3) is 0.469. The molecular weight excluding hydrogens is 559 g/mol. The van der Waals surface area contributed by atoms with Gasteiger partial charge in [-0.15, -0.1) is 0 Å². The Bertz CT molecular complexity index is 1720. The number of benzene rings is 2. The molecule has 3 atom stereocenters. The van der Waals surface area contributed by atoms with Gasteiger partial charge in [-0.3, -0.25) is 9.88 Å². The molecule has 11 heteroatoms. The fourth-order valence-corrected chi connectivity index (χ4v) is 6.92. The highest BCUT2D eigenvalue weighted by Crippen LogP contribution is 2.41. The summed E-state index contributed by atoms with van der Waals surface area (Å²) in [6.07, 6.45) is 4.11. The number of alkyl halides is 1. The van der Waals surface area contributed by atoms with Crippen LogP contribution in [0.4, 0.5) is 19.0 Å². The van der Waals surface area contributed by atoms with Gasteiger partial charge in [0.25, 0.3) is 0 Å². The second-order valence-corrected chi connectivity index (χ2v) is 12.0. The molecule has 3 aliphatic rings. The predicted molar refractivity (Wildman–Crippen MR) is 157 cm³/mol. The van der Waals surface area contributed by atoms with Crippen molar-refractivity contribution in [1.82, 2.24) is 19.9 Å². The van der Waals surface area contributed by atoms with Gasteiger partial charge < -0.3 is 19.5 Å². The summed E-state index contributed by atoms with van der Waals surface area (Å²) in [5.41, 5.74) is 0.388. The number of hydrogen-bond donors (Lipinski definition) is 1. The number of anilines is 1. The first kappa shape index (κ1) is 28.1. The zero-order valence-electron chi connectivity index (χ0n) is 24.2. The lowest BCUT2D eigenvalue weighted by Gasteiger charge is -2.48. The molecule has 2 aromatic carbocycles. The molecule has 0 aliphatic carbocycles. The number of halogens is 3. The third kappa shape index (κ3) is 4.92. The molecule has 226 valence electrons. The number of hydrogen-bond acceptors (Lipinski definition) is 8. The van der Waals surface area contributed by atoms with E-state index in [1.54, 1.807) is 6.07 Å². The van der Waals surface area contributed by atoms with E-state index in [1.165, 1.54) is 24.4 Å². The number of phenolic OH excluding ortho intramolecular Hbond substituents is 1. The summed E-state index contributed by atoms with van der Waals surface area (Å²) in [7, 11) is 1.84. The van der Waals surface area contributed by atoms with Crippen LogP contribution in [-0.4, -0.2) is 82.7 Å². The van der Waals surface area contributed by atoms with E-state index in [0.717, 1.165) is 25.9 Å². The molecule has 3 fully saturated rings. The number of aryl methyl sites for hydroxylation is 1. The molecule has 0 saturated carbocycles. The highest BCUT2D eigenvalue weighted by molar-refractivity contribution is 6.01. The maximum Gasteiger partial charge on any atom is 0.319 e. The number of ether oxygens (including phenoxy) is 2. The average molecular weight is 594 g/mol. The van der Waals surface area contributed by atoms with Crippen molar-refractivity contribution in [3.8, 4) is 23.0 Å². The van der Waals surface area contributed by atoms with E-state index in [2.05, 4.69) is 14.9 Å². The first-order chi connectivity index (χ1) is 20.7. The number of fused-ring (bicyclic) bond motifs is 2. The summed E-state index contributed by atoms with van der Waals surface area (Å²) < 4.78 is 57.6. The molecule has 2 aromatic heterocycles. The Labute approximate surface area is 247 Å². The van der Waals surface area contributed by atoms with Gasteiger partial charge in [-0.2, -0.15) is 9.97 Å². The maximum atomic E-state index is 16.7. The lowest BCUT2D eigenvalue weighted by molar-refractivity contribution is -0.151. The quantitative estimate of drug-likeness (QED) is 0.311. The maximum absolute atomic E-state index is 16.7. The van der Waals surface area contributed by atoms with Crippen LogP contribution in [0.1, 0.15) is 38.2 Å². The van der Waals surface area contributed by atoms with Crippen molar-refractivity contribution in [1.29, 1.82) is 0 Å². The zero-order chi connectivity index (χ0) is 29.9. The highest BCUT2D eigenvalue weighted by atomic mass is 19.1. The molecule has 5 heterocycles. The summed E-state index contributed by atoms with van der Waals surface area (Å²) in [5, 5.41) is 12.0. The zero-order valence-corrected chi connectivity index (χ0v) is 24.2. The summed E-state index contributed by atoms with van der Waals surface area (Å²) in [5.74, 6) is -0.724. The van der Waals surface area contributed by atoms with Crippen LogP contribution >= 0.6 is 0 Å². The van der Waals surface area contributed by atoms with Crippen LogP contribution in [0.3, 0.4) is 0 Å². The second-order valence-electron chi connectivity index (χ2n) is 12.0. The minimum absolute atomic E-state index is 0.00763. The first-order valence-electron chi connectivity index (χ1n) is 14.9. The van der Waals surface area contributed by atoms with E-state index in [0.29, 0.717) is 60.0 Å². The van der Waals surface area contributed by atoms with Crippen LogP contribution in [0.5, 0.6) is 11.8 Å². The summed E-state index contributed by atoms with van der Waals surface area (Å²) in [6, 6.07) is 5.68. The van der Waals surface area contributed by atoms with Crippen molar-refractivity contribution in [2.75, 3.05) is 44.8 Å². The van der Waals surface area contributed by atoms with Crippen LogP contribution in [0.2, 0.25) is 0 Å². The summed E-state index contributed by atoms with van der Waals surface area (Å²) in [4.78, 5) is 17.7. The van der Waals surface area contributed by atoms with Gasteiger partial charge in [-0.1, -0.05) is 13.0 Å². The Hall–Kier alpha value is -3.70. The van der Waals surface area contributed by atoms with Gasteiger partial charge in [-0.25, -0.2) is 13.2 Å². The van der Waals surface area contributed by atoms with E-state index < -0.39 is 17.8 Å². The summed E-state index contributed by atoms with van der Waals surface area (Å²) in [6.45, 7) is 4.33. The summed E-state index contributed by atoms with van der Waals surface area (Å²) >= 11 is 0. The molecule has 0 amide bonds. The van der Waals surface area contributed by atoms with Gasteiger partial charge in [0.1, 0.15) is 41.4 Å². The third-order valence-corrected chi connectivity index (χ3v) is 9.25. The van der Waals surface area contributed by atoms with Crippen molar-refractivity contribution in [2.45, 2.75) is 56.8 Å². The molecule has 0 bridgehead atoms. The van der Waals surface area contributed by atoms with E-state index >= 15 is 4.39 Å². The molecule has 1 unspecified atom stereocenters. The molecule has 3 saturated heterocycles. The van der Waals surface area contributed by atoms with Crippen molar-refractivity contribution >= 4 is 27.5 Å². The smallest absolute Gasteiger partial charge is 0.319 e. The lowest BCUT2D eigenvalue weighted by Crippen LogP contribution is -2.56. The third-order valence-electron chi connectivity index (χ3n) is 9.25. The van der Waals surface area contributed by atoms with E-state index in [9.17, 15) is 13.9 Å². The molecule has 0 radical (unpaired) electrons. The number of likely N-dealkylation sites (N-methyl/N-ethyl adjacent to an activating group) is 1.